The van der Waals surface area contributed by atoms with Gasteiger partial charge in [-0.1, -0.05) is 35.9 Å². The molecule has 1 atom stereocenters. The number of hydrogen-bond acceptors (Lipinski definition) is 3. The molecule has 2 aromatic rings. The molecule has 138 valence electrons. The zero-order valence-corrected chi connectivity index (χ0v) is 16.1. The topological polar surface area (TPSA) is 66.5 Å². The lowest BCUT2D eigenvalue weighted by Gasteiger charge is -2.28. The first-order chi connectivity index (χ1) is 12.3. The fourth-order valence-electron chi connectivity index (χ4n) is 3.28. The van der Waals surface area contributed by atoms with E-state index in [1.165, 1.54) is 5.56 Å². The maximum atomic E-state index is 12.6. The van der Waals surface area contributed by atoms with Crippen molar-refractivity contribution in [2.24, 2.45) is 0 Å². The molecule has 0 saturated heterocycles. The summed E-state index contributed by atoms with van der Waals surface area (Å²) in [4.78, 5) is 12.6. The van der Waals surface area contributed by atoms with Gasteiger partial charge in [-0.25, -0.2) is 8.42 Å². The predicted octanol–water partition coefficient (Wildman–Crippen LogP) is 3.30. The molecule has 0 spiro atoms. The number of nitrogens with one attached hydrogen (secondary N) is 1. The van der Waals surface area contributed by atoms with E-state index in [4.69, 9.17) is 11.6 Å². The molecular weight excluding hydrogens is 372 g/mol. The third kappa shape index (κ3) is 4.37. The van der Waals surface area contributed by atoms with Gasteiger partial charge in [0.05, 0.1) is 18.0 Å². The van der Waals surface area contributed by atoms with Gasteiger partial charge in [-0.3, -0.25) is 9.10 Å². The van der Waals surface area contributed by atoms with Crippen molar-refractivity contribution in [2.75, 3.05) is 17.1 Å². The summed E-state index contributed by atoms with van der Waals surface area (Å²) < 4.78 is 25.4. The van der Waals surface area contributed by atoms with Crippen LogP contribution in [0.2, 0.25) is 5.02 Å². The van der Waals surface area contributed by atoms with Crippen LogP contribution in [0.4, 0.5) is 5.69 Å². The number of aryl methyl sites for hydroxylation is 1. The third-order valence-corrected chi connectivity index (χ3v) is 5.90. The number of carbonyl (C=O) groups is 1. The lowest BCUT2D eigenvalue weighted by atomic mass is 9.88. The maximum absolute atomic E-state index is 12.6. The molecule has 26 heavy (non-hydrogen) atoms. The second kappa shape index (κ2) is 7.68. The van der Waals surface area contributed by atoms with Crippen LogP contribution >= 0.6 is 11.6 Å². The summed E-state index contributed by atoms with van der Waals surface area (Å²) in [5.41, 5.74) is 2.77. The smallest absolute Gasteiger partial charge is 0.241 e. The van der Waals surface area contributed by atoms with Crippen molar-refractivity contribution in [3.8, 4) is 0 Å². The Morgan fingerprint density at radius 2 is 1.88 bits per heavy atom. The van der Waals surface area contributed by atoms with Crippen LogP contribution in [0.25, 0.3) is 0 Å². The van der Waals surface area contributed by atoms with Crippen LogP contribution < -0.4 is 9.62 Å². The number of carbonyl (C=O) groups excluding carboxylic acids is 1. The normalized spacial score (nSPS) is 16.6. The molecule has 0 bridgehead atoms. The number of fused-ring (bicyclic) bond motifs is 1. The summed E-state index contributed by atoms with van der Waals surface area (Å²) in [6.45, 7) is -0.265. The number of halogens is 1. The molecule has 0 aliphatic heterocycles. The Bertz CT molecular complexity index is 897. The number of sulfonamides is 1. The highest BCUT2D eigenvalue weighted by atomic mass is 35.5. The van der Waals surface area contributed by atoms with E-state index in [1.54, 1.807) is 24.3 Å². The van der Waals surface area contributed by atoms with Crippen LogP contribution in [0, 0.1) is 0 Å². The van der Waals surface area contributed by atoms with E-state index in [0.29, 0.717) is 10.7 Å². The molecule has 3 rings (SSSR count). The molecule has 0 unspecified atom stereocenters. The summed E-state index contributed by atoms with van der Waals surface area (Å²) in [5, 5.41) is 3.49. The monoisotopic (exact) mass is 392 g/mol. The van der Waals surface area contributed by atoms with Crippen LogP contribution in [0.15, 0.2) is 48.5 Å². The Hall–Kier alpha value is -2.05. The number of hydrogen-bond donors (Lipinski definition) is 1. The second-order valence-corrected chi connectivity index (χ2v) is 8.80. The molecule has 1 N–H and O–H groups in total. The SMILES string of the molecule is CS(=O)(=O)N(CC(=O)N[C@H]1CCCc2ccccc21)c1ccc(Cl)cc1. The number of anilines is 1. The second-order valence-electron chi connectivity index (χ2n) is 6.46. The molecule has 0 aromatic heterocycles. The Morgan fingerprint density at radius 3 is 2.58 bits per heavy atom. The van der Waals surface area contributed by atoms with E-state index in [2.05, 4.69) is 11.4 Å². The van der Waals surface area contributed by atoms with Crippen LogP contribution in [-0.4, -0.2) is 27.1 Å². The van der Waals surface area contributed by atoms with Crippen molar-refractivity contribution < 1.29 is 13.2 Å². The zero-order valence-electron chi connectivity index (χ0n) is 14.5. The predicted molar refractivity (Wildman–Crippen MR) is 104 cm³/mol. The average molecular weight is 393 g/mol. The van der Waals surface area contributed by atoms with Gasteiger partial charge in [0, 0.05) is 5.02 Å². The largest absolute Gasteiger partial charge is 0.348 e. The number of benzene rings is 2. The van der Waals surface area contributed by atoms with E-state index in [9.17, 15) is 13.2 Å². The quantitative estimate of drug-likeness (QED) is 0.848. The molecule has 5 nitrogen and oxygen atoms in total. The highest BCUT2D eigenvalue weighted by molar-refractivity contribution is 7.92. The van der Waals surface area contributed by atoms with Gasteiger partial charge in [0.1, 0.15) is 6.54 Å². The fourth-order valence-corrected chi connectivity index (χ4v) is 4.26. The van der Waals surface area contributed by atoms with Gasteiger partial charge >= 0.3 is 0 Å². The van der Waals surface area contributed by atoms with Crippen LogP contribution in [0.1, 0.15) is 30.0 Å². The first-order valence-electron chi connectivity index (χ1n) is 8.45. The standard InChI is InChI=1S/C19H21ClN2O3S/c1-26(24,25)22(16-11-9-15(20)10-12-16)13-19(23)21-18-8-4-6-14-5-2-3-7-17(14)18/h2-3,5,7,9-12,18H,4,6,8,13H2,1H3,(H,21,23)/t18-/m0/s1. The van der Waals surface area contributed by atoms with Crippen LogP contribution in [0.3, 0.4) is 0 Å². The number of amides is 1. The minimum absolute atomic E-state index is 0.0842. The van der Waals surface area contributed by atoms with E-state index < -0.39 is 10.0 Å². The summed E-state index contributed by atoms with van der Waals surface area (Å²) in [7, 11) is -3.60. The summed E-state index contributed by atoms with van der Waals surface area (Å²) in [6, 6.07) is 14.3. The molecule has 0 fully saturated rings. The zero-order chi connectivity index (χ0) is 18.7. The van der Waals surface area contributed by atoms with Crippen LogP contribution in [-0.2, 0) is 21.2 Å². The van der Waals surface area contributed by atoms with Crippen molar-refractivity contribution in [1.29, 1.82) is 0 Å². The van der Waals surface area contributed by atoms with E-state index in [0.717, 1.165) is 35.4 Å². The van der Waals surface area contributed by atoms with Crippen molar-refractivity contribution in [2.45, 2.75) is 25.3 Å². The highest BCUT2D eigenvalue weighted by Crippen LogP contribution is 2.29. The maximum Gasteiger partial charge on any atom is 0.241 e. The molecule has 0 saturated carbocycles. The van der Waals surface area contributed by atoms with E-state index >= 15 is 0 Å². The number of rotatable bonds is 5. The number of nitrogens with zero attached hydrogens (tertiary/aromatic N) is 1. The van der Waals surface area contributed by atoms with Gasteiger partial charge in [-0.15, -0.1) is 0 Å². The van der Waals surface area contributed by atoms with Gasteiger partial charge in [-0.2, -0.15) is 0 Å². The van der Waals surface area contributed by atoms with Crippen molar-refractivity contribution in [1.82, 2.24) is 5.32 Å². The van der Waals surface area contributed by atoms with Gasteiger partial charge < -0.3 is 5.32 Å². The fraction of sp³-hybridized carbons (Fsp3) is 0.316. The lowest BCUT2D eigenvalue weighted by molar-refractivity contribution is -0.120. The first-order valence-corrected chi connectivity index (χ1v) is 10.7. The molecule has 1 aliphatic rings. The molecule has 1 amide bonds. The van der Waals surface area contributed by atoms with Gasteiger partial charge in [0.25, 0.3) is 0 Å². The Morgan fingerprint density at radius 1 is 1.19 bits per heavy atom. The average Bonchev–Trinajstić information content (AvgIpc) is 2.60. The van der Waals surface area contributed by atoms with E-state index in [1.807, 2.05) is 18.2 Å². The molecule has 0 heterocycles. The molecule has 1 aliphatic carbocycles. The third-order valence-electron chi connectivity index (χ3n) is 4.51. The summed E-state index contributed by atoms with van der Waals surface area (Å²) in [6.07, 6.45) is 3.94. The summed E-state index contributed by atoms with van der Waals surface area (Å²) in [5.74, 6) is -0.327. The molecule has 2 aromatic carbocycles. The molecule has 7 heteroatoms. The minimum atomic E-state index is -3.60. The highest BCUT2D eigenvalue weighted by Gasteiger charge is 2.25. The van der Waals surface area contributed by atoms with Gasteiger partial charge in [-0.05, 0) is 54.7 Å². The Balaban J connectivity index is 1.76. The molecular formula is C19H21ClN2O3S. The Kier molecular flexibility index (Phi) is 5.53. The first kappa shape index (κ1) is 18.7. The minimum Gasteiger partial charge on any atom is -0.348 e. The van der Waals surface area contributed by atoms with Gasteiger partial charge in [0.15, 0.2) is 0 Å². The summed E-state index contributed by atoms with van der Waals surface area (Å²) >= 11 is 5.87. The molecule has 0 radical (unpaired) electrons. The van der Waals surface area contributed by atoms with Crippen molar-refractivity contribution in [3.05, 3.63) is 64.7 Å². The van der Waals surface area contributed by atoms with Gasteiger partial charge in [0.2, 0.25) is 15.9 Å². The van der Waals surface area contributed by atoms with Crippen molar-refractivity contribution >= 4 is 33.2 Å². The lowest BCUT2D eigenvalue weighted by Crippen LogP contribution is -2.42. The van der Waals surface area contributed by atoms with Crippen LogP contribution in [0.5, 0.6) is 0 Å². The van der Waals surface area contributed by atoms with E-state index in [-0.39, 0.29) is 18.5 Å². The Labute approximate surface area is 159 Å². The van der Waals surface area contributed by atoms with Crippen molar-refractivity contribution in [3.63, 3.8) is 0 Å².